The Morgan fingerprint density at radius 2 is 1.63 bits per heavy atom. The van der Waals surface area contributed by atoms with Crippen LogP contribution in [-0.4, -0.2) is 55.2 Å². The van der Waals surface area contributed by atoms with E-state index < -0.39 is 35.7 Å². The molecule has 0 radical (unpaired) electrons. The second-order valence-corrected chi connectivity index (χ2v) is 7.58. The van der Waals surface area contributed by atoms with Crippen LogP contribution >= 0.6 is 0 Å². The van der Waals surface area contributed by atoms with Gasteiger partial charge in [-0.05, 0) is 39.5 Å². The number of hydrogen-bond acceptors (Lipinski definition) is 6. The maximum absolute atomic E-state index is 12.4. The number of ether oxygens (including phenoxy) is 2. The third-order valence-electron chi connectivity index (χ3n) is 3.45. The van der Waals surface area contributed by atoms with Crippen LogP contribution < -0.4 is 16.0 Å². The summed E-state index contributed by atoms with van der Waals surface area (Å²) in [6.07, 6.45) is 0.136. The molecular weight excluding hydrogens is 354 g/mol. The van der Waals surface area contributed by atoms with Gasteiger partial charge in [0, 0.05) is 13.5 Å². The van der Waals surface area contributed by atoms with Gasteiger partial charge in [-0.25, -0.2) is 9.59 Å². The fraction of sp³-hybridized carbons (Fsp3) is 0.778. The first-order valence-corrected chi connectivity index (χ1v) is 8.99. The van der Waals surface area contributed by atoms with Gasteiger partial charge >= 0.3 is 12.1 Å². The smallest absolute Gasteiger partial charge is 0.407 e. The average Bonchev–Trinajstić information content (AvgIpc) is 2.52. The monoisotopic (exact) mass is 387 g/mol. The zero-order valence-electron chi connectivity index (χ0n) is 17.3. The quantitative estimate of drug-likeness (QED) is 0.402. The molecule has 0 aliphatic carbocycles. The van der Waals surface area contributed by atoms with Crippen molar-refractivity contribution in [2.45, 2.75) is 72.1 Å². The number of esters is 1. The molecule has 0 saturated carbocycles. The van der Waals surface area contributed by atoms with Crippen molar-refractivity contribution in [3.63, 3.8) is 0 Å². The summed E-state index contributed by atoms with van der Waals surface area (Å²) in [4.78, 5) is 47.2. The van der Waals surface area contributed by atoms with E-state index >= 15 is 0 Å². The van der Waals surface area contributed by atoms with E-state index in [1.165, 1.54) is 14.0 Å². The maximum Gasteiger partial charge on any atom is 0.407 e. The highest BCUT2D eigenvalue weighted by atomic mass is 16.6. The first kappa shape index (κ1) is 24.7. The Morgan fingerprint density at radius 1 is 1.04 bits per heavy atom. The second kappa shape index (κ2) is 11.4. The van der Waals surface area contributed by atoms with Crippen LogP contribution in [0.4, 0.5) is 4.79 Å². The number of hydrogen-bond donors (Lipinski definition) is 3. The summed E-state index contributed by atoms with van der Waals surface area (Å²) in [7, 11) is 1.23. The standard InChI is InChI=1S/C18H33N3O6/c1-11(2)14(20-12(3)22)15(23)21-13(16(24)26-7)9-8-10-19-17(25)27-18(4,5)6/h11,13-14H,8-10H2,1-7H3,(H,19,25)(H,20,22)(H,21,23)/t13-,14-/m0/s1. The van der Waals surface area contributed by atoms with Gasteiger partial charge in [-0.3, -0.25) is 9.59 Å². The Hall–Kier alpha value is -2.32. The molecule has 2 atom stereocenters. The van der Waals surface area contributed by atoms with E-state index in [1.54, 1.807) is 34.6 Å². The molecule has 0 unspecified atom stereocenters. The fourth-order valence-corrected chi connectivity index (χ4v) is 2.22. The zero-order valence-corrected chi connectivity index (χ0v) is 17.3. The summed E-state index contributed by atoms with van der Waals surface area (Å²) in [5, 5.41) is 7.77. The lowest BCUT2D eigenvalue weighted by atomic mass is 10.0. The van der Waals surface area contributed by atoms with Crippen LogP contribution in [0.15, 0.2) is 0 Å². The van der Waals surface area contributed by atoms with Gasteiger partial charge in [0.1, 0.15) is 17.7 Å². The molecule has 0 aromatic carbocycles. The van der Waals surface area contributed by atoms with Crippen molar-refractivity contribution in [2.75, 3.05) is 13.7 Å². The molecule has 156 valence electrons. The molecule has 0 aromatic heterocycles. The Morgan fingerprint density at radius 3 is 2.07 bits per heavy atom. The normalized spacial score (nSPS) is 13.3. The van der Waals surface area contributed by atoms with E-state index in [2.05, 4.69) is 16.0 Å². The topological polar surface area (TPSA) is 123 Å². The van der Waals surface area contributed by atoms with Crippen LogP contribution in [0, 0.1) is 5.92 Å². The summed E-state index contributed by atoms with van der Waals surface area (Å²) in [5.74, 6) is -1.54. The van der Waals surface area contributed by atoms with Crippen LogP contribution in [0.2, 0.25) is 0 Å². The Labute approximate surface area is 160 Å². The van der Waals surface area contributed by atoms with Crippen LogP contribution in [0.3, 0.4) is 0 Å². The van der Waals surface area contributed by atoms with Crippen molar-refractivity contribution in [3.05, 3.63) is 0 Å². The summed E-state index contributed by atoms with van der Waals surface area (Å²) in [6.45, 7) is 10.5. The molecule has 27 heavy (non-hydrogen) atoms. The number of alkyl carbamates (subject to hydrolysis) is 1. The van der Waals surface area contributed by atoms with E-state index in [1.807, 2.05) is 0 Å². The Bertz CT molecular complexity index is 528. The number of amides is 3. The van der Waals surface area contributed by atoms with E-state index in [0.29, 0.717) is 6.42 Å². The second-order valence-electron chi connectivity index (χ2n) is 7.58. The van der Waals surface area contributed by atoms with Crippen molar-refractivity contribution >= 4 is 23.9 Å². The van der Waals surface area contributed by atoms with Gasteiger partial charge < -0.3 is 25.4 Å². The fourth-order valence-electron chi connectivity index (χ4n) is 2.22. The van der Waals surface area contributed by atoms with E-state index in [0.717, 1.165) is 0 Å². The Kier molecular flexibility index (Phi) is 10.4. The summed E-state index contributed by atoms with van der Waals surface area (Å²) in [6, 6.07) is -1.63. The van der Waals surface area contributed by atoms with Crippen LogP contribution in [0.1, 0.15) is 54.4 Å². The minimum atomic E-state index is -0.877. The van der Waals surface area contributed by atoms with Crippen LogP contribution in [-0.2, 0) is 23.9 Å². The molecule has 0 saturated heterocycles. The van der Waals surface area contributed by atoms with Gasteiger partial charge in [0.15, 0.2) is 0 Å². The molecule has 0 bridgehead atoms. The van der Waals surface area contributed by atoms with Gasteiger partial charge in [0.25, 0.3) is 0 Å². The van der Waals surface area contributed by atoms with Crippen LogP contribution in [0.5, 0.6) is 0 Å². The molecular formula is C18H33N3O6. The van der Waals surface area contributed by atoms with Crippen molar-refractivity contribution in [2.24, 2.45) is 5.92 Å². The lowest BCUT2D eigenvalue weighted by Gasteiger charge is -2.24. The largest absolute Gasteiger partial charge is 0.467 e. The van der Waals surface area contributed by atoms with Crippen molar-refractivity contribution in [1.82, 2.24) is 16.0 Å². The molecule has 3 amide bonds. The van der Waals surface area contributed by atoms with Gasteiger partial charge in [-0.1, -0.05) is 13.8 Å². The number of rotatable bonds is 9. The summed E-state index contributed by atoms with van der Waals surface area (Å²) >= 11 is 0. The van der Waals surface area contributed by atoms with E-state index in [4.69, 9.17) is 9.47 Å². The molecule has 0 fully saturated rings. The number of nitrogens with one attached hydrogen (secondary N) is 3. The predicted octanol–water partition coefficient (Wildman–Crippen LogP) is 1.11. The first-order valence-electron chi connectivity index (χ1n) is 8.99. The first-order chi connectivity index (χ1) is 12.4. The number of carbonyl (C=O) groups excluding carboxylic acids is 4. The third kappa shape index (κ3) is 11.1. The minimum Gasteiger partial charge on any atom is -0.467 e. The Balaban J connectivity index is 4.67. The maximum atomic E-state index is 12.4. The highest BCUT2D eigenvalue weighted by molar-refractivity contribution is 5.90. The van der Waals surface area contributed by atoms with Gasteiger partial charge in [0.2, 0.25) is 11.8 Å². The molecule has 0 aliphatic heterocycles. The molecule has 0 heterocycles. The third-order valence-corrected chi connectivity index (χ3v) is 3.45. The van der Waals surface area contributed by atoms with Crippen molar-refractivity contribution in [1.29, 1.82) is 0 Å². The number of carbonyl (C=O) groups is 4. The molecule has 0 spiro atoms. The summed E-state index contributed by atoms with van der Waals surface area (Å²) < 4.78 is 9.85. The molecule has 3 N–H and O–H groups in total. The van der Waals surface area contributed by atoms with Crippen LogP contribution in [0.25, 0.3) is 0 Å². The predicted molar refractivity (Wildman–Crippen MR) is 99.9 cm³/mol. The SMILES string of the molecule is COC(=O)[C@H](CCCNC(=O)OC(C)(C)C)NC(=O)[C@@H](NC(C)=O)C(C)C. The highest BCUT2D eigenvalue weighted by Crippen LogP contribution is 2.07. The average molecular weight is 387 g/mol. The van der Waals surface area contributed by atoms with E-state index in [-0.39, 0.29) is 24.8 Å². The van der Waals surface area contributed by atoms with Gasteiger partial charge in [-0.2, -0.15) is 0 Å². The van der Waals surface area contributed by atoms with Gasteiger partial charge in [0.05, 0.1) is 7.11 Å². The molecule has 0 aliphatic rings. The minimum absolute atomic E-state index is 0.152. The molecule has 9 nitrogen and oxygen atoms in total. The van der Waals surface area contributed by atoms with E-state index in [9.17, 15) is 19.2 Å². The highest BCUT2D eigenvalue weighted by Gasteiger charge is 2.28. The van der Waals surface area contributed by atoms with Gasteiger partial charge in [-0.15, -0.1) is 0 Å². The molecule has 0 rings (SSSR count). The zero-order chi connectivity index (χ0) is 21.2. The molecule has 0 aromatic rings. The lowest BCUT2D eigenvalue weighted by Crippen LogP contribution is -2.53. The van der Waals surface area contributed by atoms with Crippen molar-refractivity contribution < 1.29 is 28.7 Å². The lowest BCUT2D eigenvalue weighted by molar-refractivity contribution is -0.145. The summed E-state index contributed by atoms with van der Waals surface area (Å²) in [5.41, 5.74) is -0.595. The number of methoxy groups -OCH3 is 1. The molecule has 9 heteroatoms. The van der Waals surface area contributed by atoms with Crippen molar-refractivity contribution in [3.8, 4) is 0 Å².